The minimum atomic E-state index is 0.146. The molecule has 1 saturated carbocycles. The number of halogens is 3. The highest BCUT2D eigenvalue weighted by Crippen LogP contribution is 2.41. The summed E-state index contributed by atoms with van der Waals surface area (Å²) in [6, 6.07) is 3.30. The molecule has 0 spiro atoms. The SMILES string of the molecule is SCC1(COc2c(Cl)cc(Cl)cc2Cl)CCCCC1. The third-order valence-electron chi connectivity index (χ3n) is 3.74. The van der Waals surface area contributed by atoms with E-state index in [0.717, 1.165) is 18.6 Å². The summed E-state index contributed by atoms with van der Waals surface area (Å²) in [6.07, 6.45) is 6.09. The van der Waals surface area contributed by atoms with Crippen LogP contribution in [0.5, 0.6) is 5.75 Å². The van der Waals surface area contributed by atoms with Crippen LogP contribution in [-0.2, 0) is 0 Å². The van der Waals surface area contributed by atoms with Crippen LogP contribution >= 0.6 is 47.4 Å². The Balaban J connectivity index is 2.09. The Hall–Kier alpha value is 0.240. The van der Waals surface area contributed by atoms with Crippen molar-refractivity contribution in [3.63, 3.8) is 0 Å². The fourth-order valence-electron chi connectivity index (χ4n) is 2.54. The van der Waals surface area contributed by atoms with Gasteiger partial charge in [-0.05, 0) is 30.7 Å². The summed E-state index contributed by atoms with van der Waals surface area (Å²) < 4.78 is 5.88. The molecule has 1 aromatic carbocycles. The van der Waals surface area contributed by atoms with Gasteiger partial charge >= 0.3 is 0 Å². The van der Waals surface area contributed by atoms with Gasteiger partial charge in [-0.15, -0.1) is 0 Å². The smallest absolute Gasteiger partial charge is 0.156 e. The van der Waals surface area contributed by atoms with Crippen LogP contribution in [0.2, 0.25) is 15.1 Å². The van der Waals surface area contributed by atoms with Gasteiger partial charge < -0.3 is 4.74 Å². The predicted octanol–water partition coefficient (Wildman–Crippen LogP) is 5.91. The first-order valence-corrected chi connectivity index (χ1v) is 8.21. The van der Waals surface area contributed by atoms with Crippen molar-refractivity contribution in [2.45, 2.75) is 32.1 Å². The fourth-order valence-corrected chi connectivity index (χ4v) is 3.88. The number of thiol groups is 1. The maximum Gasteiger partial charge on any atom is 0.156 e. The van der Waals surface area contributed by atoms with Gasteiger partial charge in [-0.25, -0.2) is 0 Å². The van der Waals surface area contributed by atoms with E-state index in [1.54, 1.807) is 12.1 Å². The van der Waals surface area contributed by atoms with Gasteiger partial charge in [0, 0.05) is 10.4 Å². The molecule has 2 rings (SSSR count). The molecule has 1 aliphatic carbocycles. The van der Waals surface area contributed by atoms with E-state index in [2.05, 4.69) is 12.6 Å². The Bertz CT molecular complexity index is 421. The first-order valence-electron chi connectivity index (χ1n) is 6.44. The van der Waals surface area contributed by atoms with Crippen molar-refractivity contribution in [1.82, 2.24) is 0 Å². The van der Waals surface area contributed by atoms with Crippen LogP contribution in [0.25, 0.3) is 0 Å². The lowest BCUT2D eigenvalue weighted by Crippen LogP contribution is -2.33. The second-order valence-electron chi connectivity index (χ2n) is 5.21. The molecular formula is C14H17Cl3OS. The zero-order valence-corrected chi connectivity index (χ0v) is 13.8. The monoisotopic (exact) mass is 338 g/mol. The summed E-state index contributed by atoms with van der Waals surface area (Å²) in [5.41, 5.74) is 0.146. The maximum atomic E-state index is 6.13. The van der Waals surface area contributed by atoms with Crippen LogP contribution in [0.3, 0.4) is 0 Å². The normalized spacial score (nSPS) is 18.3. The average molecular weight is 340 g/mol. The quantitative estimate of drug-likeness (QED) is 0.671. The van der Waals surface area contributed by atoms with E-state index in [1.807, 2.05) is 0 Å². The molecule has 0 amide bonds. The van der Waals surface area contributed by atoms with Crippen LogP contribution < -0.4 is 4.74 Å². The van der Waals surface area contributed by atoms with Crippen LogP contribution in [0.1, 0.15) is 32.1 Å². The number of rotatable bonds is 4. The van der Waals surface area contributed by atoms with Crippen LogP contribution in [0.15, 0.2) is 12.1 Å². The minimum Gasteiger partial charge on any atom is -0.490 e. The van der Waals surface area contributed by atoms with E-state index in [-0.39, 0.29) is 5.41 Å². The van der Waals surface area contributed by atoms with Crippen molar-refractivity contribution in [1.29, 1.82) is 0 Å². The Morgan fingerprint density at radius 1 is 1.05 bits per heavy atom. The molecule has 0 unspecified atom stereocenters. The van der Waals surface area contributed by atoms with Crippen molar-refractivity contribution in [2.75, 3.05) is 12.4 Å². The first-order chi connectivity index (χ1) is 9.06. The largest absolute Gasteiger partial charge is 0.490 e. The van der Waals surface area contributed by atoms with Gasteiger partial charge in [0.1, 0.15) is 0 Å². The van der Waals surface area contributed by atoms with Crippen LogP contribution in [0, 0.1) is 5.41 Å². The Morgan fingerprint density at radius 3 is 2.16 bits per heavy atom. The zero-order valence-electron chi connectivity index (χ0n) is 10.6. The molecule has 19 heavy (non-hydrogen) atoms. The molecule has 0 N–H and O–H groups in total. The number of benzene rings is 1. The van der Waals surface area contributed by atoms with Crippen molar-refractivity contribution >= 4 is 47.4 Å². The molecule has 0 bridgehead atoms. The predicted molar refractivity (Wildman–Crippen MR) is 86.3 cm³/mol. The molecule has 1 aliphatic rings. The zero-order chi connectivity index (χ0) is 13.9. The standard InChI is InChI=1S/C14H17Cl3OS/c15-10-6-11(16)13(12(17)7-10)18-8-14(9-19)4-2-1-3-5-14/h6-7,19H,1-5,8-9H2. The van der Waals surface area contributed by atoms with Crippen molar-refractivity contribution < 1.29 is 4.74 Å². The number of ether oxygens (including phenoxy) is 1. The fraction of sp³-hybridized carbons (Fsp3) is 0.571. The minimum absolute atomic E-state index is 0.146. The van der Waals surface area contributed by atoms with E-state index >= 15 is 0 Å². The lowest BCUT2D eigenvalue weighted by molar-refractivity contribution is 0.121. The molecule has 0 saturated heterocycles. The number of hydrogen-bond donors (Lipinski definition) is 1. The van der Waals surface area contributed by atoms with Gasteiger partial charge in [0.05, 0.1) is 16.7 Å². The molecule has 106 valence electrons. The van der Waals surface area contributed by atoms with Crippen molar-refractivity contribution in [3.05, 3.63) is 27.2 Å². The van der Waals surface area contributed by atoms with E-state index < -0.39 is 0 Å². The van der Waals surface area contributed by atoms with E-state index in [9.17, 15) is 0 Å². The second-order valence-corrected chi connectivity index (χ2v) is 6.77. The molecule has 0 heterocycles. The first kappa shape index (κ1) is 15.6. The Kier molecular flexibility index (Phi) is 5.59. The topological polar surface area (TPSA) is 9.23 Å². The molecule has 5 heteroatoms. The third kappa shape index (κ3) is 3.87. The van der Waals surface area contributed by atoms with E-state index in [4.69, 9.17) is 39.5 Å². The summed E-state index contributed by atoms with van der Waals surface area (Å²) in [5.74, 6) is 1.36. The second kappa shape index (κ2) is 6.80. The Morgan fingerprint density at radius 2 is 1.63 bits per heavy atom. The van der Waals surface area contributed by atoms with Gasteiger partial charge in [0.2, 0.25) is 0 Å². The average Bonchev–Trinajstić information content (AvgIpc) is 2.38. The summed E-state index contributed by atoms with van der Waals surface area (Å²) in [4.78, 5) is 0. The van der Waals surface area contributed by atoms with E-state index in [0.29, 0.717) is 27.4 Å². The van der Waals surface area contributed by atoms with E-state index in [1.165, 1.54) is 19.3 Å². The van der Waals surface area contributed by atoms with Crippen LogP contribution in [0.4, 0.5) is 0 Å². The van der Waals surface area contributed by atoms with Gasteiger partial charge in [0.15, 0.2) is 5.75 Å². The van der Waals surface area contributed by atoms with Gasteiger partial charge in [-0.2, -0.15) is 12.6 Å². The summed E-state index contributed by atoms with van der Waals surface area (Å²) in [5, 5.41) is 1.44. The summed E-state index contributed by atoms with van der Waals surface area (Å²) in [7, 11) is 0. The molecule has 0 aromatic heterocycles. The summed E-state index contributed by atoms with van der Waals surface area (Å²) >= 11 is 22.6. The Labute approximate surface area is 135 Å². The van der Waals surface area contributed by atoms with Gasteiger partial charge in [-0.1, -0.05) is 54.1 Å². The molecule has 0 aliphatic heterocycles. The summed E-state index contributed by atoms with van der Waals surface area (Å²) in [6.45, 7) is 0.609. The molecule has 0 radical (unpaired) electrons. The highest BCUT2D eigenvalue weighted by atomic mass is 35.5. The third-order valence-corrected chi connectivity index (χ3v) is 5.19. The lowest BCUT2D eigenvalue weighted by Gasteiger charge is -2.35. The highest BCUT2D eigenvalue weighted by molar-refractivity contribution is 7.80. The molecular weight excluding hydrogens is 323 g/mol. The molecule has 1 aromatic rings. The molecule has 0 atom stereocenters. The lowest BCUT2D eigenvalue weighted by atomic mass is 9.76. The molecule has 1 fully saturated rings. The van der Waals surface area contributed by atoms with Crippen molar-refractivity contribution in [2.24, 2.45) is 5.41 Å². The number of hydrogen-bond acceptors (Lipinski definition) is 2. The van der Waals surface area contributed by atoms with Crippen LogP contribution in [-0.4, -0.2) is 12.4 Å². The van der Waals surface area contributed by atoms with Crippen molar-refractivity contribution in [3.8, 4) is 5.75 Å². The van der Waals surface area contributed by atoms with Gasteiger partial charge in [0.25, 0.3) is 0 Å². The van der Waals surface area contributed by atoms with Gasteiger partial charge in [-0.3, -0.25) is 0 Å². The highest BCUT2D eigenvalue weighted by Gasteiger charge is 2.32. The maximum absolute atomic E-state index is 6.13. The molecule has 1 nitrogen and oxygen atoms in total.